The molecule has 1 rings (SSSR count). The fourth-order valence-electron chi connectivity index (χ4n) is 0.935. The standard InChI is InChI=1S/C9H8ClFINO/c10-7-3-1-2-6(8(7)11)9(14)13-5-4-12/h1-3H,4-5H2,(H,13,14). The van der Waals surface area contributed by atoms with Gasteiger partial charge in [-0.2, -0.15) is 0 Å². The lowest BCUT2D eigenvalue weighted by molar-refractivity contribution is 0.0952. The summed E-state index contributed by atoms with van der Waals surface area (Å²) >= 11 is 7.66. The maximum absolute atomic E-state index is 13.3. The first-order valence-electron chi connectivity index (χ1n) is 3.95. The van der Waals surface area contributed by atoms with Gasteiger partial charge in [0.05, 0.1) is 10.6 Å². The molecule has 0 radical (unpaired) electrons. The Morgan fingerprint density at radius 2 is 2.29 bits per heavy atom. The van der Waals surface area contributed by atoms with Crippen LogP contribution in [0.5, 0.6) is 0 Å². The van der Waals surface area contributed by atoms with Gasteiger partial charge in [-0.3, -0.25) is 4.79 Å². The summed E-state index contributed by atoms with van der Waals surface area (Å²) in [5.74, 6) is -1.10. The smallest absolute Gasteiger partial charge is 0.254 e. The van der Waals surface area contributed by atoms with E-state index in [9.17, 15) is 9.18 Å². The van der Waals surface area contributed by atoms with Crippen LogP contribution in [0, 0.1) is 5.82 Å². The summed E-state index contributed by atoms with van der Waals surface area (Å²) in [7, 11) is 0. The van der Waals surface area contributed by atoms with E-state index >= 15 is 0 Å². The number of rotatable bonds is 3. The van der Waals surface area contributed by atoms with Crippen molar-refractivity contribution in [2.24, 2.45) is 0 Å². The highest BCUT2D eigenvalue weighted by Gasteiger charge is 2.12. The molecule has 0 heterocycles. The first-order valence-corrected chi connectivity index (χ1v) is 5.85. The van der Waals surface area contributed by atoms with Gasteiger partial charge < -0.3 is 5.32 Å². The summed E-state index contributed by atoms with van der Waals surface area (Å²) in [4.78, 5) is 11.4. The van der Waals surface area contributed by atoms with Crippen molar-refractivity contribution in [1.82, 2.24) is 5.32 Å². The number of carbonyl (C=O) groups excluding carboxylic acids is 1. The lowest BCUT2D eigenvalue weighted by atomic mass is 10.2. The van der Waals surface area contributed by atoms with Crippen LogP contribution < -0.4 is 5.32 Å². The predicted octanol–water partition coefficient (Wildman–Crippen LogP) is 2.64. The second-order valence-corrected chi connectivity index (χ2v) is 4.03. The van der Waals surface area contributed by atoms with Gasteiger partial charge in [-0.1, -0.05) is 40.3 Å². The van der Waals surface area contributed by atoms with Crippen LogP contribution in [0.1, 0.15) is 10.4 Å². The highest BCUT2D eigenvalue weighted by atomic mass is 127. The topological polar surface area (TPSA) is 29.1 Å². The Kier molecular flexibility index (Phi) is 4.60. The summed E-state index contributed by atoms with van der Waals surface area (Å²) < 4.78 is 14.1. The Bertz CT molecular complexity index is 346. The van der Waals surface area contributed by atoms with Gasteiger partial charge >= 0.3 is 0 Å². The maximum atomic E-state index is 13.3. The molecule has 0 unspecified atom stereocenters. The van der Waals surface area contributed by atoms with E-state index in [0.717, 1.165) is 4.43 Å². The van der Waals surface area contributed by atoms with Crippen molar-refractivity contribution in [3.8, 4) is 0 Å². The molecule has 76 valence electrons. The number of hydrogen-bond acceptors (Lipinski definition) is 1. The normalized spacial score (nSPS) is 9.93. The number of halogens is 3. The van der Waals surface area contributed by atoms with Gasteiger partial charge in [0.25, 0.3) is 5.91 Å². The predicted molar refractivity (Wildman–Crippen MR) is 62.6 cm³/mol. The minimum Gasteiger partial charge on any atom is -0.351 e. The Labute approximate surface area is 100.0 Å². The molecule has 0 aliphatic heterocycles. The van der Waals surface area contributed by atoms with Gasteiger partial charge in [-0.05, 0) is 12.1 Å². The summed E-state index contributed by atoms with van der Waals surface area (Å²) in [5, 5.41) is 2.54. The summed E-state index contributed by atoms with van der Waals surface area (Å²) in [5.41, 5.74) is -0.0117. The minimum absolute atomic E-state index is 0.0117. The molecule has 1 amide bonds. The minimum atomic E-state index is -0.667. The molecule has 5 heteroatoms. The molecule has 0 fully saturated rings. The first-order chi connectivity index (χ1) is 6.66. The van der Waals surface area contributed by atoms with Crippen molar-refractivity contribution < 1.29 is 9.18 Å². The third-order valence-electron chi connectivity index (χ3n) is 1.58. The van der Waals surface area contributed by atoms with Crippen LogP contribution >= 0.6 is 34.2 Å². The van der Waals surface area contributed by atoms with Crippen LogP contribution in [0.2, 0.25) is 5.02 Å². The van der Waals surface area contributed by atoms with Crippen LogP contribution in [-0.2, 0) is 0 Å². The molecule has 14 heavy (non-hydrogen) atoms. The molecule has 0 aliphatic rings. The summed E-state index contributed by atoms with van der Waals surface area (Å²) in [6, 6.07) is 4.36. The lowest BCUT2D eigenvalue weighted by Crippen LogP contribution is -2.26. The van der Waals surface area contributed by atoms with Crippen LogP contribution in [-0.4, -0.2) is 16.9 Å². The summed E-state index contributed by atoms with van der Waals surface area (Å²) in [6.07, 6.45) is 0. The van der Waals surface area contributed by atoms with Crippen molar-refractivity contribution >= 4 is 40.1 Å². The molecule has 0 saturated heterocycles. The largest absolute Gasteiger partial charge is 0.351 e. The first kappa shape index (κ1) is 11.7. The highest BCUT2D eigenvalue weighted by molar-refractivity contribution is 14.1. The van der Waals surface area contributed by atoms with Gasteiger partial charge in [0.2, 0.25) is 0 Å². The Morgan fingerprint density at radius 3 is 2.93 bits per heavy atom. The van der Waals surface area contributed by atoms with Gasteiger partial charge in [0, 0.05) is 11.0 Å². The van der Waals surface area contributed by atoms with Crippen LogP contribution in [0.4, 0.5) is 4.39 Å². The average molecular weight is 328 g/mol. The molecule has 2 nitrogen and oxygen atoms in total. The van der Waals surface area contributed by atoms with Crippen molar-refractivity contribution in [2.45, 2.75) is 0 Å². The Hall–Kier alpha value is -0.360. The van der Waals surface area contributed by atoms with Gasteiger partial charge in [0.1, 0.15) is 0 Å². The van der Waals surface area contributed by atoms with Crippen molar-refractivity contribution in [2.75, 3.05) is 11.0 Å². The van der Waals surface area contributed by atoms with E-state index in [0.29, 0.717) is 6.54 Å². The van der Waals surface area contributed by atoms with E-state index in [1.807, 2.05) is 0 Å². The Morgan fingerprint density at radius 1 is 1.57 bits per heavy atom. The molecule has 0 aliphatic carbocycles. The zero-order valence-corrected chi connectivity index (χ0v) is 10.1. The lowest BCUT2D eigenvalue weighted by Gasteiger charge is -2.04. The zero-order chi connectivity index (χ0) is 10.6. The fourth-order valence-corrected chi connectivity index (χ4v) is 1.38. The van der Waals surface area contributed by atoms with E-state index in [-0.39, 0.29) is 10.6 Å². The molecule has 1 aromatic rings. The van der Waals surface area contributed by atoms with Crippen LogP contribution in [0.25, 0.3) is 0 Å². The number of amides is 1. The monoisotopic (exact) mass is 327 g/mol. The zero-order valence-electron chi connectivity index (χ0n) is 7.19. The second kappa shape index (κ2) is 5.50. The van der Waals surface area contributed by atoms with E-state index in [1.165, 1.54) is 12.1 Å². The van der Waals surface area contributed by atoms with E-state index in [4.69, 9.17) is 11.6 Å². The summed E-state index contributed by atoms with van der Waals surface area (Å²) in [6.45, 7) is 0.519. The molecule has 1 aromatic carbocycles. The molecule has 0 bridgehead atoms. The molecule has 0 atom stereocenters. The number of nitrogens with one attached hydrogen (secondary N) is 1. The second-order valence-electron chi connectivity index (χ2n) is 2.55. The molecule has 1 N–H and O–H groups in total. The van der Waals surface area contributed by atoms with Gasteiger partial charge in [0.15, 0.2) is 5.82 Å². The number of carbonyl (C=O) groups is 1. The van der Waals surface area contributed by atoms with Gasteiger partial charge in [-0.15, -0.1) is 0 Å². The third kappa shape index (κ3) is 2.81. The molecule has 0 saturated carbocycles. The molecular weight excluding hydrogens is 319 g/mol. The average Bonchev–Trinajstić information content (AvgIpc) is 2.18. The van der Waals surface area contributed by atoms with Crippen molar-refractivity contribution in [3.05, 3.63) is 34.6 Å². The van der Waals surface area contributed by atoms with E-state index in [2.05, 4.69) is 27.9 Å². The molecular formula is C9H8ClFINO. The van der Waals surface area contributed by atoms with E-state index < -0.39 is 11.7 Å². The van der Waals surface area contributed by atoms with Crippen molar-refractivity contribution in [1.29, 1.82) is 0 Å². The molecule has 0 aromatic heterocycles. The van der Waals surface area contributed by atoms with Crippen LogP contribution in [0.15, 0.2) is 18.2 Å². The number of benzene rings is 1. The SMILES string of the molecule is O=C(NCCI)c1cccc(Cl)c1F. The number of hydrogen-bond donors (Lipinski definition) is 1. The molecule has 0 spiro atoms. The van der Waals surface area contributed by atoms with Crippen molar-refractivity contribution in [3.63, 3.8) is 0 Å². The quantitative estimate of drug-likeness (QED) is 0.671. The maximum Gasteiger partial charge on any atom is 0.254 e. The van der Waals surface area contributed by atoms with E-state index in [1.54, 1.807) is 6.07 Å². The van der Waals surface area contributed by atoms with Gasteiger partial charge in [-0.25, -0.2) is 4.39 Å². The fraction of sp³-hybridized carbons (Fsp3) is 0.222. The highest BCUT2D eigenvalue weighted by Crippen LogP contribution is 2.17. The Balaban J connectivity index is 2.84. The number of alkyl halides is 1. The third-order valence-corrected chi connectivity index (χ3v) is 2.41. The van der Waals surface area contributed by atoms with Crippen LogP contribution in [0.3, 0.4) is 0 Å².